The fraction of sp³-hybridized carbons (Fsp3) is 0.438. The summed E-state index contributed by atoms with van der Waals surface area (Å²) in [5.41, 5.74) is 1.96. The maximum atomic E-state index is 12.3. The number of rotatable bonds is 7. The summed E-state index contributed by atoms with van der Waals surface area (Å²) in [5, 5.41) is 11.6. The molecule has 23 heavy (non-hydrogen) atoms. The van der Waals surface area contributed by atoms with E-state index in [4.69, 9.17) is 4.74 Å². The first kappa shape index (κ1) is 17.5. The van der Waals surface area contributed by atoms with Crippen molar-refractivity contribution >= 4 is 23.4 Å². The first-order valence-electron chi connectivity index (χ1n) is 7.44. The summed E-state index contributed by atoms with van der Waals surface area (Å²) in [4.78, 5) is 12.3. The van der Waals surface area contributed by atoms with Crippen molar-refractivity contribution in [1.29, 1.82) is 0 Å². The van der Waals surface area contributed by atoms with Crippen LogP contribution in [0, 0.1) is 13.8 Å². The van der Waals surface area contributed by atoms with Gasteiger partial charge in [0, 0.05) is 19.3 Å². The number of anilines is 1. The lowest BCUT2D eigenvalue weighted by Gasteiger charge is -2.13. The van der Waals surface area contributed by atoms with Crippen LogP contribution in [0.1, 0.15) is 18.3 Å². The maximum Gasteiger partial charge on any atom is 0.237 e. The molecule has 0 fully saturated rings. The summed E-state index contributed by atoms with van der Waals surface area (Å²) < 4.78 is 7.06. The molecule has 1 atom stereocenters. The van der Waals surface area contributed by atoms with Crippen LogP contribution in [0.15, 0.2) is 29.4 Å². The van der Waals surface area contributed by atoms with E-state index in [2.05, 4.69) is 15.5 Å². The highest BCUT2D eigenvalue weighted by molar-refractivity contribution is 8.00. The molecular formula is C16H22N4O2S. The van der Waals surface area contributed by atoms with E-state index < -0.39 is 0 Å². The number of thioether (sulfide) groups is 1. The first-order chi connectivity index (χ1) is 11.0. The second kappa shape index (κ2) is 8.12. The number of nitrogens with one attached hydrogen (secondary N) is 1. The predicted octanol–water partition coefficient (Wildman–Crippen LogP) is 2.66. The minimum absolute atomic E-state index is 0.0576. The van der Waals surface area contributed by atoms with Gasteiger partial charge >= 0.3 is 0 Å². The standard InChI is InChI=1S/C16H22N4O2S/c1-11-5-7-14(8-6-11)17-15(21)12(2)23-16-19-18-13(3)20(16)9-10-22-4/h5-8,12H,9-10H2,1-4H3,(H,17,21). The Labute approximate surface area is 140 Å². The molecule has 1 aromatic carbocycles. The van der Waals surface area contributed by atoms with Crippen molar-refractivity contribution < 1.29 is 9.53 Å². The third-order valence-electron chi connectivity index (χ3n) is 3.39. The molecular weight excluding hydrogens is 312 g/mol. The molecule has 0 aliphatic heterocycles. The maximum absolute atomic E-state index is 12.3. The van der Waals surface area contributed by atoms with Gasteiger partial charge < -0.3 is 14.6 Å². The fourth-order valence-corrected chi connectivity index (χ4v) is 2.90. The Bertz CT molecular complexity index is 655. The molecule has 124 valence electrons. The number of hydrogen-bond acceptors (Lipinski definition) is 5. The van der Waals surface area contributed by atoms with Gasteiger partial charge in [-0.25, -0.2) is 0 Å². The molecule has 0 saturated heterocycles. The Morgan fingerprint density at radius 2 is 2.00 bits per heavy atom. The van der Waals surface area contributed by atoms with Crippen molar-refractivity contribution in [2.75, 3.05) is 19.0 Å². The zero-order valence-corrected chi connectivity index (χ0v) is 14.7. The smallest absolute Gasteiger partial charge is 0.237 e. The molecule has 2 rings (SSSR count). The van der Waals surface area contributed by atoms with Crippen molar-refractivity contribution in [3.63, 3.8) is 0 Å². The van der Waals surface area contributed by atoms with Gasteiger partial charge in [-0.2, -0.15) is 0 Å². The highest BCUT2D eigenvalue weighted by atomic mass is 32.2. The molecule has 1 heterocycles. The molecule has 0 radical (unpaired) electrons. The molecule has 0 spiro atoms. The van der Waals surface area contributed by atoms with E-state index in [1.807, 2.05) is 49.6 Å². The quantitative estimate of drug-likeness (QED) is 0.788. The molecule has 0 aliphatic rings. The Balaban J connectivity index is 1.99. The van der Waals surface area contributed by atoms with Crippen LogP contribution in [0.5, 0.6) is 0 Å². The Kier molecular flexibility index (Phi) is 6.18. The molecule has 7 heteroatoms. The van der Waals surface area contributed by atoms with Crippen LogP contribution in [-0.4, -0.2) is 39.6 Å². The molecule has 2 aromatic rings. The minimum Gasteiger partial charge on any atom is -0.383 e. The Hall–Kier alpha value is -1.86. The van der Waals surface area contributed by atoms with Crippen molar-refractivity contribution in [3.8, 4) is 0 Å². The van der Waals surface area contributed by atoms with Gasteiger partial charge in [0.2, 0.25) is 5.91 Å². The van der Waals surface area contributed by atoms with Gasteiger partial charge in [0.15, 0.2) is 5.16 Å². The van der Waals surface area contributed by atoms with Crippen LogP contribution in [0.3, 0.4) is 0 Å². The lowest BCUT2D eigenvalue weighted by Crippen LogP contribution is -2.23. The van der Waals surface area contributed by atoms with Crippen molar-refractivity contribution in [2.45, 2.75) is 37.7 Å². The van der Waals surface area contributed by atoms with Crippen LogP contribution >= 0.6 is 11.8 Å². The number of amides is 1. The number of aromatic nitrogens is 3. The largest absolute Gasteiger partial charge is 0.383 e. The van der Waals surface area contributed by atoms with Gasteiger partial charge in [-0.05, 0) is 32.9 Å². The molecule has 1 N–H and O–H groups in total. The van der Waals surface area contributed by atoms with Gasteiger partial charge in [0.1, 0.15) is 5.82 Å². The number of hydrogen-bond donors (Lipinski definition) is 1. The summed E-state index contributed by atoms with van der Waals surface area (Å²) in [6, 6.07) is 7.74. The van der Waals surface area contributed by atoms with Gasteiger partial charge in [0.25, 0.3) is 0 Å². The monoisotopic (exact) mass is 334 g/mol. The molecule has 1 amide bonds. The molecule has 0 saturated carbocycles. The fourth-order valence-electron chi connectivity index (χ4n) is 1.98. The number of ether oxygens (including phenoxy) is 1. The van der Waals surface area contributed by atoms with Crippen LogP contribution in [0.4, 0.5) is 5.69 Å². The zero-order valence-electron chi connectivity index (χ0n) is 13.9. The van der Waals surface area contributed by atoms with Crippen molar-refractivity contribution in [2.24, 2.45) is 0 Å². The first-order valence-corrected chi connectivity index (χ1v) is 8.32. The van der Waals surface area contributed by atoms with Gasteiger partial charge in [-0.3, -0.25) is 4.79 Å². The van der Waals surface area contributed by atoms with E-state index in [-0.39, 0.29) is 11.2 Å². The highest BCUT2D eigenvalue weighted by Gasteiger charge is 2.19. The highest BCUT2D eigenvalue weighted by Crippen LogP contribution is 2.23. The number of aryl methyl sites for hydroxylation is 2. The van der Waals surface area contributed by atoms with E-state index >= 15 is 0 Å². The van der Waals surface area contributed by atoms with Crippen LogP contribution in [0.25, 0.3) is 0 Å². The summed E-state index contributed by atoms with van der Waals surface area (Å²) in [5.74, 6) is 0.758. The van der Waals surface area contributed by atoms with Gasteiger partial charge in [-0.15, -0.1) is 10.2 Å². The summed E-state index contributed by atoms with van der Waals surface area (Å²) in [6.45, 7) is 7.02. The van der Waals surface area contributed by atoms with Crippen LogP contribution in [0.2, 0.25) is 0 Å². The van der Waals surface area contributed by atoms with Crippen molar-refractivity contribution in [3.05, 3.63) is 35.7 Å². The number of nitrogens with zero attached hydrogens (tertiary/aromatic N) is 3. The van der Waals surface area contributed by atoms with E-state index in [0.29, 0.717) is 13.2 Å². The van der Waals surface area contributed by atoms with E-state index in [0.717, 1.165) is 22.2 Å². The Morgan fingerprint density at radius 1 is 1.30 bits per heavy atom. The normalized spacial score (nSPS) is 12.2. The zero-order chi connectivity index (χ0) is 16.8. The Morgan fingerprint density at radius 3 is 2.65 bits per heavy atom. The molecule has 0 bridgehead atoms. The average molecular weight is 334 g/mol. The molecule has 1 unspecified atom stereocenters. The number of carbonyl (C=O) groups is 1. The second-order valence-electron chi connectivity index (χ2n) is 5.29. The predicted molar refractivity (Wildman–Crippen MR) is 91.8 cm³/mol. The third-order valence-corrected chi connectivity index (χ3v) is 4.47. The third kappa shape index (κ3) is 4.80. The topological polar surface area (TPSA) is 69.0 Å². The van der Waals surface area contributed by atoms with E-state index in [1.54, 1.807) is 7.11 Å². The minimum atomic E-state index is -0.277. The van der Waals surface area contributed by atoms with Gasteiger partial charge in [0.05, 0.1) is 11.9 Å². The summed E-state index contributed by atoms with van der Waals surface area (Å²) in [6.07, 6.45) is 0. The molecule has 1 aromatic heterocycles. The second-order valence-corrected chi connectivity index (χ2v) is 6.60. The lowest BCUT2D eigenvalue weighted by molar-refractivity contribution is -0.115. The van der Waals surface area contributed by atoms with Crippen molar-refractivity contribution in [1.82, 2.24) is 14.8 Å². The molecule has 6 nitrogen and oxygen atoms in total. The van der Waals surface area contributed by atoms with Crippen LogP contribution < -0.4 is 5.32 Å². The van der Waals surface area contributed by atoms with E-state index in [9.17, 15) is 4.79 Å². The molecule has 0 aliphatic carbocycles. The number of carbonyl (C=O) groups excluding carboxylic acids is 1. The van der Waals surface area contributed by atoms with Crippen LogP contribution in [-0.2, 0) is 16.1 Å². The average Bonchev–Trinajstić information content (AvgIpc) is 2.87. The van der Waals surface area contributed by atoms with Gasteiger partial charge in [-0.1, -0.05) is 29.5 Å². The number of methoxy groups -OCH3 is 1. The SMILES string of the molecule is COCCn1c(C)nnc1SC(C)C(=O)Nc1ccc(C)cc1. The lowest BCUT2D eigenvalue weighted by atomic mass is 10.2. The summed E-state index contributed by atoms with van der Waals surface area (Å²) in [7, 11) is 1.66. The van der Waals surface area contributed by atoms with E-state index in [1.165, 1.54) is 11.8 Å². The summed E-state index contributed by atoms with van der Waals surface area (Å²) >= 11 is 1.39. The number of benzene rings is 1.